The zero-order valence-corrected chi connectivity index (χ0v) is 12.1. The van der Waals surface area contributed by atoms with Crippen molar-refractivity contribution in [3.63, 3.8) is 0 Å². The standard InChI is InChI=1S/C16H20N2O2/c1-4-20-13-7-5-6-12(10-13)16(17-2)14-8-9-18-11-15(14)19-3/h5-11,16-17H,4H2,1-3H3. The van der Waals surface area contributed by atoms with E-state index >= 15 is 0 Å². The Morgan fingerprint density at radius 2 is 2.15 bits per heavy atom. The monoisotopic (exact) mass is 272 g/mol. The molecule has 106 valence electrons. The van der Waals surface area contributed by atoms with Crippen LogP contribution in [-0.4, -0.2) is 25.7 Å². The average molecular weight is 272 g/mol. The average Bonchev–Trinajstić information content (AvgIpc) is 2.49. The highest BCUT2D eigenvalue weighted by Gasteiger charge is 2.16. The smallest absolute Gasteiger partial charge is 0.142 e. The first-order chi connectivity index (χ1) is 9.80. The maximum Gasteiger partial charge on any atom is 0.142 e. The van der Waals surface area contributed by atoms with Crippen molar-refractivity contribution in [3.05, 3.63) is 53.9 Å². The van der Waals surface area contributed by atoms with Gasteiger partial charge in [0.25, 0.3) is 0 Å². The third-order valence-corrected chi connectivity index (χ3v) is 3.14. The minimum Gasteiger partial charge on any atom is -0.495 e. The van der Waals surface area contributed by atoms with Gasteiger partial charge in [0.05, 0.1) is 26.0 Å². The molecular weight excluding hydrogens is 252 g/mol. The van der Waals surface area contributed by atoms with Gasteiger partial charge in [0.2, 0.25) is 0 Å². The summed E-state index contributed by atoms with van der Waals surface area (Å²) in [6.07, 6.45) is 3.50. The largest absolute Gasteiger partial charge is 0.495 e. The first kappa shape index (κ1) is 14.3. The van der Waals surface area contributed by atoms with Gasteiger partial charge >= 0.3 is 0 Å². The number of hydrogen-bond donors (Lipinski definition) is 1. The Hall–Kier alpha value is -2.07. The van der Waals surface area contributed by atoms with Crippen molar-refractivity contribution in [2.45, 2.75) is 13.0 Å². The van der Waals surface area contributed by atoms with E-state index in [4.69, 9.17) is 9.47 Å². The third kappa shape index (κ3) is 3.08. The first-order valence-electron chi connectivity index (χ1n) is 6.68. The van der Waals surface area contributed by atoms with E-state index in [9.17, 15) is 0 Å². The number of ether oxygens (including phenoxy) is 2. The van der Waals surface area contributed by atoms with E-state index in [1.54, 1.807) is 19.5 Å². The van der Waals surface area contributed by atoms with Gasteiger partial charge in [-0.2, -0.15) is 0 Å². The molecule has 2 aromatic rings. The Morgan fingerprint density at radius 1 is 1.30 bits per heavy atom. The van der Waals surface area contributed by atoms with Crippen molar-refractivity contribution in [2.75, 3.05) is 20.8 Å². The fourth-order valence-electron chi connectivity index (χ4n) is 2.25. The summed E-state index contributed by atoms with van der Waals surface area (Å²) in [5.41, 5.74) is 2.18. The molecule has 4 heteroatoms. The second-order valence-electron chi connectivity index (χ2n) is 4.34. The van der Waals surface area contributed by atoms with Crippen LogP contribution in [0.4, 0.5) is 0 Å². The number of benzene rings is 1. The summed E-state index contributed by atoms with van der Waals surface area (Å²) in [7, 11) is 3.59. The molecule has 1 N–H and O–H groups in total. The van der Waals surface area contributed by atoms with Gasteiger partial charge in [-0.05, 0) is 37.7 Å². The van der Waals surface area contributed by atoms with Crippen LogP contribution in [0.2, 0.25) is 0 Å². The SMILES string of the molecule is CCOc1cccc(C(NC)c2ccncc2OC)c1. The minimum absolute atomic E-state index is 0.0355. The fourth-order valence-corrected chi connectivity index (χ4v) is 2.25. The number of aromatic nitrogens is 1. The number of methoxy groups -OCH3 is 1. The maximum absolute atomic E-state index is 5.56. The summed E-state index contributed by atoms with van der Waals surface area (Å²) in [6.45, 7) is 2.64. The van der Waals surface area contributed by atoms with E-state index in [1.165, 1.54) is 0 Å². The molecule has 0 aliphatic rings. The highest BCUT2D eigenvalue weighted by Crippen LogP contribution is 2.30. The normalized spacial score (nSPS) is 11.9. The van der Waals surface area contributed by atoms with E-state index in [0.717, 1.165) is 22.6 Å². The van der Waals surface area contributed by atoms with Crippen LogP contribution in [0.15, 0.2) is 42.7 Å². The second-order valence-corrected chi connectivity index (χ2v) is 4.34. The number of rotatable bonds is 6. The molecule has 20 heavy (non-hydrogen) atoms. The van der Waals surface area contributed by atoms with Crippen molar-refractivity contribution >= 4 is 0 Å². The lowest BCUT2D eigenvalue weighted by Gasteiger charge is -2.20. The van der Waals surface area contributed by atoms with Crippen LogP contribution >= 0.6 is 0 Å². The van der Waals surface area contributed by atoms with Gasteiger partial charge in [0.15, 0.2) is 0 Å². The van der Waals surface area contributed by atoms with Crippen LogP contribution in [0.25, 0.3) is 0 Å². The number of nitrogens with one attached hydrogen (secondary N) is 1. The molecule has 2 rings (SSSR count). The lowest BCUT2D eigenvalue weighted by atomic mass is 9.99. The van der Waals surface area contributed by atoms with Gasteiger partial charge in [-0.15, -0.1) is 0 Å². The molecule has 0 saturated heterocycles. The molecule has 0 radical (unpaired) electrons. The minimum atomic E-state index is 0.0355. The summed E-state index contributed by atoms with van der Waals surface area (Å²) in [5, 5.41) is 3.32. The van der Waals surface area contributed by atoms with Crippen molar-refractivity contribution in [2.24, 2.45) is 0 Å². The van der Waals surface area contributed by atoms with Crippen molar-refractivity contribution in [1.29, 1.82) is 0 Å². The van der Waals surface area contributed by atoms with Crippen LogP contribution in [0.1, 0.15) is 24.1 Å². The van der Waals surface area contributed by atoms with E-state index in [-0.39, 0.29) is 6.04 Å². The number of nitrogens with zero attached hydrogens (tertiary/aromatic N) is 1. The Bertz CT molecular complexity index is 558. The molecule has 0 aliphatic heterocycles. The first-order valence-corrected chi connectivity index (χ1v) is 6.68. The lowest BCUT2D eigenvalue weighted by molar-refractivity contribution is 0.339. The molecule has 1 heterocycles. The molecule has 0 bridgehead atoms. The molecule has 0 aliphatic carbocycles. The summed E-state index contributed by atoms with van der Waals surface area (Å²) in [4.78, 5) is 4.10. The zero-order chi connectivity index (χ0) is 14.4. The highest BCUT2D eigenvalue weighted by molar-refractivity contribution is 5.41. The van der Waals surface area contributed by atoms with E-state index < -0.39 is 0 Å². The molecule has 0 fully saturated rings. The third-order valence-electron chi connectivity index (χ3n) is 3.14. The van der Waals surface area contributed by atoms with Gasteiger partial charge in [0.1, 0.15) is 11.5 Å². The summed E-state index contributed by atoms with van der Waals surface area (Å²) >= 11 is 0. The predicted molar refractivity (Wildman–Crippen MR) is 79.3 cm³/mol. The van der Waals surface area contributed by atoms with Gasteiger partial charge in [0, 0.05) is 11.8 Å². The Morgan fingerprint density at radius 3 is 2.85 bits per heavy atom. The Kier molecular flexibility index (Phi) is 4.96. The highest BCUT2D eigenvalue weighted by atomic mass is 16.5. The summed E-state index contributed by atoms with van der Waals surface area (Å²) in [5.74, 6) is 1.65. The molecule has 0 amide bonds. The van der Waals surface area contributed by atoms with Gasteiger partial charge in [-0.3, -0.25) is 4.98 Å². The molecule has 1 atom stereocenters. The van der Waals surface area contributed by atoms with Crippen LogP contribution in [-0.2, 0) is 0 Å². The predicted octanol–water partition coefficient (Wildman–Crippen LogP) is 2.80. The van der Waals surface area contributed by atoms with E-state index in [0.29, 0.717) is 6.61 Å². The van der Waals surface area contributed by atoms with Crippen LogP contribution in [0.5, 0.6) is 11.5 Å². The second kappa shape index (κ2) is 6.91. The lowest BCUT2D eigenvalue weighted by Crippen LogP contribution is -2.18. The molecule has 0 saturated carbocycles. The van der Waals surface area contributed by atoms with Gasteiger partial charge in [-0.1, -0.05) is 12.1 Å². The molecule has 1 unspecified atom stereocenters. The quantitative estimate of drug-likeness (QED) is 0.878. The van der Waals surface area contributed by atoms with Crippen molar-refractivity contribution < 1.29 is 9.47 Å². The molecule has 4 nitrogen and oxygen atoms in total. The Labute approximate surface area is 119 Å². The molecule has 0 spiro atoms. The van der Waals surface area contributed by atoms with Gasteiger partial charge < -0.3 is 14.8 Å². The van der Waals surface area contributed by atoms with Crippen LogP contribution < -0.4 is 14.8 Å². The zero-order valence-electron chi connectivity index (χ0n) is 12.1. The van der Waals surface area contributed by atoms with Crippen LogP contribution in [0, 0.1) is 0 Å². The van der Waals surface area contributed by atoms with Crippen molar-refractivity contribution in [1.82, 2.24) is 10.3 Å². The van der Waals surface area contributed by atoms with Gasteiger partial charge in [-0.25, -0.2) is 0 Å². The molecular formula is C16H20N2O2. The van der Waals surface area contributed by atoms with Crippen LogP contribution in [0.3, 0.4) is 0 Å². The van der Waals surface area contributed by atoms with E-state index in [2.05, 4.69) is 16.4 Å². The number of hydrogen-bond acceptors (Lipinski definition) is 4. The van der Waals surface area contributed by atoms with Crippen molar-refractivity contribution in [3.8, 4) is 11.5 Å². The maximum atomic E-state index is 5.56. The Balaban J connectivity index is 2.39. The fraction of sp³-hybridized carbons (Fsp3) is 0.312. The summed E-state index contributed by atoms with van der Waals surface area (Å²) in [6, 6.07) is 10.1. The summed E-state index contributed by atoms with van der Waals surface area (Å²) < 4.78 is 11.0. The van der Waals surface area contributed by atoms with E-state index in [1.807, 2.05) is 38.2 Å². The topological polar surface area (TPSA) is 43.4 Å². The number of pyridine rings is 1. The molecule has 1 aromatic heterocycles. The molecule has 1 aromatic carbocycles.